The minimum absolute atomic E-state index is 0.0554. The zero-order chi connectivity index (χ0) is 17.6. The van der Waals surface area contributed by atoms with Crippen LogP contribution in [0.5, 0.6) is 5.75 Å². The fourth-order valence-corrected chi connectivity index (χ4v) is 3.25. The lowest BCUT2D eigenvalue weighted by Gasteiger charge is -2.27. The summed E-state index contributed by atoms with van der Waals surface area (Å²) in [4.78, 5) is 14.3. The highest BCUT2D eigenvalue weighted by atomic mass is 16.5. The van der Waals surface area contributed by atoms with Gasteiger partial charge in [-0.05, 0) is 55.0 Å². The van der Waals surface area contributed by atoms with Crippen molar-refractivity contribution in [3.8, 4) is 5.75 Å². The standard InChI is InChI=1S/C21H26N2O2/c1-16-6-3-4-8-20(16)25-15-21(24)22-12-11-17-9-10-19-18(14-17)7-5-13-23(19)2/h3-4,6,8-10,14H,5,7,11-13,15H2,1-2H3,(H,22,24). The van der Waals surface area contributed by atoms with E-state index in [9.17, 15) is 4.79 Å². The summed E-state index contributed by atoms with van der Waals surface area (Å²) in [5.41, 5.74) is 5.06. The predicted molar refractivity (Wildman–Crippen MR) is 101 cm³/mol. The monoisotopic (exact) mass is 338 g/mol. The minimum atomic E-state index is -0.0825. The molecule has 4 nitrogen and oxygen atoms in total. The first-order valence-electron chi connectivity index (χ1n) is 8.91. The molecule has 25 heavy (non-hydrogen) atoms. The SMILES string of the molecule is Cc1ccccc1OCC(=O)NCCc1ccc2c(c1)CCCN2C. The average molecular weight is 338 g/mol. The van der Waals surface area contributed by atoms with Crippen LogP contribution in [0.3, 0.4) is 0 Å². The van der Waals surface area contributed by atoms with E-state index >= 15 is 0 Å². The lowest BCUT2D eigenvalue weighted by atomic mass is 9.98. The molecular formula is C21H26N2O2. The number of ether oxygens (including phenoxy) is 1. The molecule has 1 amide bonds. The molecule has 0 radical (unpaired) electrons. The Bertz CT molecular complexity index is 742. The summed E-state index contributed by atoms with van der Waals surface area (Å²) in [6, 6.07) is 14.4. The van der Waals surface area contributed by atoms with Crippen molar-refractivity contribution in [3.05, 3.63) is 59.2 Å². The van der Waals surface area contributed by atoms with E-state index in [2.05, 4.69) is 35.5 Å². The number of hydrogen-bond donors (Lipinski definition) is 1. The summed E-state index contributed by atoms with van der Waals surface area (Å²) >= 11 is 0. The van der Waals surface area contributed by atoms with Crippen LogP contribution in [-0.2, 0) is 17.6 Å². The second-order valence-electron chi connectivity index (χ2n) is 6.64. The molecule has 0 atom stereocenters. The van der Waals surface area contributed by atoms with E-state index in [1.165, 1.54) is 23.2 Å². The molecule has 4 heteroatoms. The van der Waals surface area contributed by atoms with Crippen molar-refractivity contribution >= 4 is 11.6 Å². The predicted octanol–water partition coefficient (Wildman–Crippen LogP) is 3.12. The Morgan fingerprint density at radius 1 is 1.24 bits per heavy atom. The molecule has 2 aromatic carbocycles. The number of benzene rings is 2. The summed E-state index contributed by atoms with van der Waals surface area (Å²) < 4.78 is 5.57. The van der Waals surface area contributed by atoms with Crippen molar-refractivity contribution in [1.82, 2.24) is 5.32 Å². The molecule has 0 aromatic heterocycles. The Labute approximate surface area is 149 Å². The number of anilines is 1. The van der Waals surface area contributed by atoms with Crippen LogP contribution in [0.2, 0.25) is 0 Å². The van der Waals surface area contributed by atoms with Crippen molar-refractivity contribution in [3.63, 3.8) is 0 Å². The van der Waals surface area contributed by atoms with Gasteiger partial charge < -0.3 is 15.0 Å². The molecule has 1 N–H and O–H groups in total. The van der Waals surface area contributed by atoms with Crippen LogP contribution in [0.4, 0.5) is 5.69 Å². The molecule has 0 bridgehead atoms. The first-order chi connectivity index (χ1) is 12.1. The topological polar surface area (TPSA) is 41.6 Å². The molecule has 0 fully saturated rings. The molecule has 0 unspecified atom stereocenters. The molecular weight excluding hydrogens is 312 g/mol. The molecule has 0 spiro atoms. The molecule has 1 aliphatic rings. The highest BCUT2D eigenvalue weighted by Crippen LogP contribution is 2.26. The van der Waals surface area contributed by atoms with Crippen molar-refractivity contribution in [2.45, 2.75) is 26.2 Å². The Kier molecular flexibility index (Phi) is 5.59. The number of fused-ring (bicyclic) bond motifs is 1. The van der Waals surface area contributed by atoms with Gasteiger partial charge in [0, 0.05) is 25.8 Å². The van der Waals surface area contributed by atoms with E-state index in [-0.39, 0.29) is 12.5 Å². The maximum Gasteiger partial charge on any atom is 0.257 e. The van der Waals surface area contributed by atoms with Gasteiger partial charge in [0.2, 0.25) is 0 Å². The largest absolute Gasteiger partial charge is 0.484 e. The maximum absolute atomic E-state index is 12.0. The van der Waals surface area contributed by atoms with E-state index < -0.39 is 0 Å². The van der Waals surface area contributed by atoms with Gasteiger partial charge in [-0.3, -0.25) is 4.79 Å². The number of hydrogen-bond acceptors (Lipinski definition) is 3. The first kappa shape index (κ1) is 17.3. The van der Waals surface area contributed by atoms with Gasteiger partial charge >= 0.3 is 0 Å². The third kappa shape index (κ3) is 4.53. The van der Waals surface area contributed by atoms with E-state index in [0.29, 0.717) is 6.54 Å². The van der Waals surface area contributed by atoms with Crippen LogP contribution >= 0.6 is 0 Å². The zero-order valence-corrected chi connectivity index (χ0v) is 15.0. The smallest absolute Gasteiger partial charge is 0.257 e. The second kappa shape index (κ2) is 8.06. The summed E-state index contributed by atoms with van der Waals surface area (Å²) in [6.45, 7) is 3.79. The van der Waals surface area contributed by atoms with E-state index in [1.54, 1.807) is 0 Å². The number of nitrogens with one attached hydrogen (secondary N) is 1. The second-order valence-corrected chi connectivity index (χ2v) is 6.64. The third-order valence-electron chi connectivity index (χ3n) is 4.68. The van der Waals surface area contributed by atoms with Crippen LogP contribution in [0, 0.1) is 6.92 Å². The fourth-order valence-electron chi connectivity index (χ4n) is 3.25. The van der Waals surface area contributed by atoms with Gasteiger partial charge in [-0.2, -0.15) is 0 Å². The lowest BCUT2D eigenvalue weighted by Crippen LogP contribution is -2.30. The Morgan fingerprint density at radius 2 is 2.08 bits per heavy atom. The number of rotatable bonds is 6. The number of amides is 1. The van der Waals surface area contributed by atoms with Crippen LogP contribution in [0.15, 0.2) is 42.5 Å². The van der Waals surface area contributed by atoms with Crippen molar-refractivity contribution < 1.29 is 9.53 Å². The highest BCUT2D eigenvalue weighted by molar-refractivity contribution is 5.77. The third-order valence-corrected chi connectivity index (χ3v) is 4.68. The van der Waals surface area contributed by atoms with Gasteiger partial charge in [-0.1, -0.05) is 30.3 Å². The van der Waals surface area contributed by atoms with Gasteiger partial charge in [-0.15, -0.1) is 0 Å². The summed E-state index contributed by atoms with van der Waals surface area (Å²) in [6.07, 6.45) is 3.19. The Hall–Kier alpha value is -2.49. The number of para-hydroxylation sites is 1. The van der Waals surface area contributed by atoms with Gasteiger partial charge in [0.05, 0.1) is 0 Å². The summed E-state index contributed by atoms with van der Waals surface area (Å²) in [5.74, 6) is 0.678. The van der Waals surface area contributed by atoms with Gasteiger partial charge in [0.25, 0.3) is 5.91 Å². The van der Waals surface area contributed by atoms with Crippen LogP contribution in [-0.4, -0.2) is 32.7 Å². The van der Waals surface area contributed by atoms with Crippen LogP contribution in [0.25, 0.3) is 0 Å². The van der Waals surface area contributed by atoms with Gasteiger partial charge in [-0.25, -0.2) is 0 Å². The van der Waals surface area contributed by atoms with E-state index in [0.717, 1.165) is 30.7 Å². The number of nitrogens with zero attached hydrogens (tertiary/aromatic N) is 1. The molecule has 132 valence electrons. The van der Waals surface area contributed by atoms with Crippen molar-refractivity contribution in [2.24, 2.45) is 0 Å². The Balaban J connectivity index is 1.45. The molecule has 0 saturated heterocycles. The lowest BCUT2D eigenvalue weighted by molar-refractivity contribution is -0.123. The molecule has 1 aliphatic heterocycles. The van der Waals surface area contributed by atoms with Crippen LogP contribution in [0.1, 0.15) is 23.1 Å². The summed E-state index contributed by atoms with van der Waals surface area (Å²) in [5, 5.41) is 2.94. The van der Waals surface area contributed by atoms with Crippen molar-refractivity contribution in [1.29, 1.82) is 0 Å². The van der Waals surface area contributed by atoms with E-state index in [1.807, 2.05) is 31.2 Å². The van der Waals surface area contributed by atoms with Gasteiger partial charge in [0.1, 0.15) is 5.75 Å². The van der Waals surface area contributed by atoms with Crippen molar-refractivity contribution in [2.75, 3.05) is 31.6 Å². The normalized spacial score (nSPS) is 13.3. The fraction of sp³-hybridized carbons (Fsp3) is 0.381. The van der Waals surface area contributed by atoms with Gasteiger partial charge in [0.15, 0.2) is 6.61 Å². The summed E-state index contributed by atoms with van der Waals surface area (Å²) in [7, 11) is 2.15. The first-order valence-corrected chi connectivity index (χ1v) is 8.91. The molecule has 0 aliphatic carbocycles. The van der Waals surface area contributed by atoms with E-state index in [4.69, 9.17) is 4.74 Å². The quantitative estimate of drug-likeness (QED) is 0.880. The van der Waals surface area contributed by atoms with Crippen LogP contribution < -0.4 is 15.0 Å². The molecule has 1 heterocycles. The number of carbonyl (C=O) groups is 1. The minimum Gasteiger partial charge on any atom is -0.484 e. The average Bonchev–Trinajstić information content (AvgIpc) is 2.61. The number of aryl methyl sites for hydroxylation is 2. The zero-order valence-electron chi connectivity index (χ0n) is 15.0. The molecule has 3 rings (SSSR count). The highest BCUT2D eigenvalue weighted by Gasteiger charge is 2.13. The number of carbonyl (C=O) groups excluding carboxylic acids is 1. The molecule has 2 aromatic rings. The Morgan fingerprint density at radius 3 is 2.92 bits per heavy atom. The maximum atomic E-state index is 12.0. The molecule has 0 saturated carbocycles.